The smallest absolute Gasteiger partial charge is 0.153 e. The zero-order valence-corrected chi connectivity index (χ0v) is 8.77. The Hall–Kier alpha value is -0.190. The van der Waals surface area contributed by atoms with Gasteiger partial charge in [0.2, 0.25) is 0 Å². The quantitative estimate of drug-likeness (QED) is 0.834. The van der Waals surface area contributed by atoms with Gasteiger partial charge >= 0.3 is 0 Å². The fourth-order valence-electron chi connectivity index (χ4n) is 0.898. The van der Waals surface area contributed by atoms with Gasteiger partial charge < -0.3 is 4.55 Å². The molecular weight excluding hydrogens is 240 g/mol. The minimum absolute atomic E-state index is 0.294. The molecule has 0 saturated heterocycles. The molecule has 0 fully saturated rings. The summed E-state index contributed by atoms with van der Waals surface area (Å²) in [6, 6.07) is 7.70. The van der Waals surface area contributed by atoms with Crippen molar-refractivity contribution < 1.29 is 8.76 Å². The normalized spacial score (nSPS) is 12.8. The lowest BCUT2D eigenvalue weighted by Gasteiger charge is -2.00. The Morgan fingerprint density at radius 1 is 1.42 bits per heavy atom. The van der Waals surface area contributed by atoms with E-state index in [4.69, 9.17) is 4.55 Å². The third kappa shape index (κ3) is 3.05. The molecule has 1 aromatic carbocycles. The number of rotatable bonds is 3. The molecule has 66 valence electrons. The van der Waals surface area contributed by atoms with Gasteiger partial charge in [-0.3, -0.25) is 0 Å². The summed E-state index contributed by atoms with van der Waals surface area (Å²) in [5.41, 5.74) is 1.07. The molecule has 0 aromatic heterocycles. The van der Waals surface area contributed by atoms with Gasteiger partial charge in [-0.1, -0.05) is 34.1 Å². The molecule has 1 unspecified atom stereocenters. The van der Waals surface area contributed by atoms with E-state index in [0.717, 1.165) is 10.0 Å². The Labute approximate surface area is 82.4 Å². The molecule has 2 nitrogen and oxygen atoms in total. The van der Waals surface area contributed by atoms with Crippen LogP contribution in [0.25, 0.3) is 0 Å². The van der Waals surface area contributed by atoms with Crippen molar-refractivity contribution in [2.24, 2.45) is 0 Å². The van der Waals surface area contributed by atoms with Gasteiger partial charge in [-0.05, 0) is 18.1 Å². The monoisotopic (exact) mass is 248 g/mol. The van der Waals surface area contributed by atoms with Crippen LogP contribution in [-0.2, 0) is 17.5 Å². The van der Waals surface area contributed by atoms with E-state index in [2.05, 4.69) is 15.9 Å². The zero-order chi connectivity index (χ0) is 8.97. The number of hydrogen-bond acceptors (Lipinski definition) is 1. The van der Waals surface area contributed by atoms with Crippen LogP contribution in [0.15, 0.2) is 28.7 Å². The molecule has 0 aliphatic heterocycles. The zero-order valence-electron chi connectivity index (χ0n) is 6.37. The minimum atomic E-state index is -1.70. The second kappa shape index (κ2) is 4.74. The number of aryl methyl sites for hydroxylation is 1. The Morgan fingerprint density at radius 3 is 2.67 bits per heavy atom. The maximum Gasteiger partial charge on any atom is 0.153 e. The highest BCUT2D eigenvalue weighted by atomic mass is 79.9. The molecule has 4 heteroatoms. The standard InChI is InChI=1S/C8H9BrO2S/c9-8-4-2-1-3-7(8)5-6-12(10)11/h1-4H,5-6H2,(H,10,11). The summed E-state index contributed by atoms with van der Waals surface area (Å²) in [6.07, 6.45) is 0.629. The van der Waals surface area contributed by atoms with Crippen LogP contribution in [0, 0.1) is 0 Å². The van der Waals surface area contributed by atoms with Crippen LogP contribution in [0.5, 0.6) is 0 Å². The molecule has 0 aliphatic carbocycles. The minimum Gasteiger partial charge on any atom is -0.306 e. The third-order valence-corrected chi connectivity index (χ3v) is 2.83. The number of benzene rings is 1. The van der Waals surface area contributed by atoms with Gasteiger partial charge in [-0.2, -0.15) is 0 Å². The van der Waals surface area contributed by atoms with Crippen molar-refractivity contribution in [2.75, 3.05) is 5.75 Å². The Kier molecular flexibility index (Phi) is 3.91. The maximum atomic E-state index is 10.4. The average Bonchev–Trinajstić information content (AvgIpc) is 2.03. The lowest BCUT2D eigenvalue weighted by Crippen LogP contribution is -1.99. The fraction of sp³-hybridized carbons (Fsp3) is 0.250. The summed E-state index contributed by atoms with van der Waals surface area (Å²) >= 11 is 1.67. The van der Waals surface area contributed by atoms with Crippen LogP contribution in [0.4, 0.5) is 0 Å². The van der Waals surface area contributed by atoms with E-state index < -0.39 is 11.1 Å². The van der Waals surface area contributed by atoms with Gasteiger partial charge in [-0.25, -0.2) is 4.21 Å². The first-order chi connectivity index (χ1) is 5.70. The lowest BCUT2D eigenvalue weighted by atomic mass is 10.2. The van der Waals surface area contributed by atoms with Crippen molar-refractivity contribution in [3.8, 4) is 0 Å². The summed E-state index contributed by atoms with van der Waals surface area (Å²) < 4.78 is 19.9. The highest BCUT2D eigenvalue weighted by molar-refractivity contribution is 9.10. The van der Waals surface area contributed by atoms with Gasteiger partial charge in [0.1, 0.15) is 0 Å². The predicted octanol–water partition coefficient (Wildman–Crippen LogP) is 2.21. The largest absolute Gasteiger partial charge is 0.306 e. The van der Waals surface area contributed by atoms with E-state index in [1.807, 2.05) is 24.3 Å². The van der Waals surface area contributed by atoms with E-state index in [9.17, 15) is 4.21 Å². The molecule has 0 heterocycles. The molecule has 1 N–H and O–H groups in total. The van der Waals surface area contributed by atoms with E-state index in [1.54, 1.807) is 0 Å². The van der Waals surface area contributed by atoms with Crippen LogP contribution in [0.1, 0.15) is 5.56 Å². The molecule has 0 spiro atoms. The predicted molar refractivity (Wildman–Crippen MR) is 53.5 cm³/mol. The van der Waals surface area contributed by atoms with Crippen molar-refractivity contribution in [3.05, 3.63) is 34.3 Å². The van der Waals surface area contributed by atoms with Gasteiger partial charge in [0.15, 0.2) is 11.1 Å². The van der Waals surface area contributed by atoms with Crippen LogP contribution in [0.2, 0.25) is 0 Å². The first-order valence-electron chi connectivity index (χ1n) is 3.51. The van der Waals surface area contributed by atoms with Crippen molar-refractivity contribution in [1.29, 1.82) is 0 Å². The Balaban J connectivity index is 2.63. The summed E-state index contributed by atoms with van der Waals surface area (Å²) in [5.74, 6) is 0.294. The summed E-state index contributed by atoms with van der Waals surface area (Å²) in [4.78, 5) is 0. The topological polar surface area (TPSA) is 37.3 Å². The molecule has 1 atom stereocenters. The third-order valence-electron chi connectivity index (χ3n) is 1.50. The summed E-state index contributed by atoms with van der Waals surface area (Å²) in [6.45, 7) is 0. The van der Waals surface area contributed by atoms with Crippen LogP contribution in [0.3, 0.4) is 0 Å². The first kappa shape index (κ1) is 9.89. The molecule has 12 heavy (non-hydrogen) atoms. The molecule has 1 rings (SSSR count). The SMILES string of the molecule is O=S(O)CCc1ccccc1Br. The lowest BCUT2D eigenvalue weighted by molar-refractivity contribution is 0.563. The second-order valence-electron chi connectivity index (χ2n) is 2.37. The molecule has 0 bridgehead atoms. The van der Waals surface area contributed by atoms with Crippen molar-refractivity contribution in [3.63, 3.8) is 0 Å². The maximum absolute atomic E-state index is 10.4. The number of halogens is 1. The van der Waals surface area contributed by atoms with Gasteiger partial charge in [-0.15, -0.1) is 0 Å². The average molecular weight is 249 g/mol. The fourth-order valence-corrected chi connectivity index (χ4v) is 1.78. The van der Waals surface area contributed by atoms with E-state index in [1.165, 1.54) is 0 Å². The molecule has 1 aromatic rings. The van der Waals surface area contributed by atoms with Crippen LogP contribution >= 0.6 is 15.9 Å². The Morgan fingerprint density at radius 2 is 2.08 bits per heavy atom. The van der Waals surface area contributed by atoms with Crippen LogP contribution in [-0.4, -0.2) is 14.5 Å². The number of hydrogen-bond donors (Lipinski definition) is 1. The molecule has 0 amide bonds. The molecule has 0 aliphatic rings. The van der Waals surface area contributed by atoms with E-state index in [0.29, 0.717) is 12.2 Å². The van der Waals surface area contributed by atoms with Crippen LogP contribution < -0.4 is 0 Å². The highest BCUT2D eigenvalue weighted by Crippen LogP contribution is 2.16. The van der Waals surface area contributed by atoms with Crippen molar-refractivity contribution >= 4 is 27.0 Å². The summed E-state index contributed by atoms with van der Waals surface area (Å²) in [5, 5.41) is 0. The van der Waals surface area contributed by atoms with Gasteiger partial charge in [0.25, 0.3) is 0 Å². The first-order valence-corrected chi connectivity index (χ1v) is 5.58. The van der Waals surface area contributed by atoms with Crippen molar-refractivity contribution in [2.45, 2.75) is 6.42 Å². The molecule has 0 saturated carbocycles. The van der Waals surface area contributed by atoms with E-state index in [-0.39, 0.29) is 0 Å². The van der Waals surface area contributed by atoms with Gasteiger partial charge in [0, 0.05) is 4.47 Å². The van der Waals surface area contributed by atoms with E-state index >= 15 is 0 Å². The Bertz CT molecular complexity index is 288. The van der Waals surface area contributed by atoms with Crippen molar-refractivity contribution in [1.82, 2.24) is 0 Å². The highest BCUT2D eigenvalue weighted by Gasteiger charge is 1.99. The molecule has 0 radical (unpaired) electrons. The summed E-state index contributed by atoms with van der Waals surface area (Å²) in [7, 11) is 0. The molecular formula is C8H9BrO2S. The van der Waals surface area contributed by atoms with Gasteiger partial charge in [0.05, 0.1) is 5.75 Å². The second-order valence-corrected chi connectivity index (χ2v) is 4.27.